The summed E-state index contributed by atoms with van der Waals surface area (Å²) in [6, 6.07) is 7.59. The highest BCUT2D eigenvalue weighted by Gasteiger charge is 2.11. The molecule has 1 atom stereocenters. The minimum Gasteiger partial charge on any atom is -0.423 e. The minimum atomic E-state index is -0.402. The topological polar surface area (TPSA) is 89.2 Å². The molecule has 1 aromatic carbocycles. The van der Waals surface area contributed by atoms with Crippen molar-refractivity contribution < 1.29 is 9.21 Å². The fourth-order valence-corrected chi connectivity index (χ4v) is 2.26. The Morgan fingerprint density at radius 1 is 1.30 bits per heavy atom. The molecule has 0 spiro atoms. The number of nitrogens with one attached hydrogen (secondary N) is 2. The maximum Gasteiger partial charge on any atom is 0.336 e. The van der Waals surface area contributed by atoms with Gasteiger partial charge in [0.1, 0.15) is 5.58 Å². The van der Waals surface area contributed by atoms with Crippen molar-refractivity contribution >= 4 is 22.7 Å². The van der Waals surface area contributed by atoms with Crippen molar-refractivity contribution in [2.24, 2.45) is 7.05 Å². The van der Waals surface area contributed by atoms with Crippen LogP contribution in [0.3, 0.4) is 0 Å². The van der Waals surface area contributed by atoms with Crippen molar-refractivity contribution in [2.45, 2.75) is 13.0 Å². The van der Waals surface area contributed by atoms with Gasteiger partial charge in [0.2, 0.25) is 0 Å². The second-order valence-corrected chi connectivity index (χ2v) is 5.27. The molecule has 2 heterocycles. The van der Waals surface area contributed by atoms with Crippen LogP contribution in [0, 0.1) is 0 Å². The highest BCUT2D eigenvalue weighted by Crippen LogP contribution is 2.18. The number of urea groups is 1. The van der Waals surface area contributed by atoms with Crippen LogP contribution >= 0.6 is 0 Å². The molecule has 0 unspecified atom stereocenters. The Morgan fingerprint density at radius 3 is 2.87 bits per heavy atom. The second-order valence-electron chi connectivity index (χ2n) is 5.27. The van der Waals surface area contributed by atoms with Gasteiger partial charge in [-0.05, 0) is 31.2 Å². The maximum absolute atomic E-state index is 12.1. The molecule has 7 nitrogen and oxygen atoms in total. The molecule has 0 radical (unpaired) electrons. The molecule has 0 saturated heterocycles. The lowest BCUT2D eigenvalue weighted by atomic mass is 10.2. The van der Waals surface area contributed by atoms with E-state index in [0.717, 1.165) is 10.9 Å². The summed E-state index contributed by atoms with van der Waals surface area (Å²) < 4.78 is 6.74. The van der Waals surface area contributed by atoms with Crippen molar-refractivity contribution in [1.29, 1.82) is 0 Å². The van der Waals surface area contributed by atoms with Crippen LogP contribution in [0.25, 0.3) is 11.0 Å². The van der Waals surface area contributed by atoms with Gasteiger partial charge in [0.05, 0.1) is 12.2 Å². The summed E-state index contributed by atoms with van der Waals surface area (Å²) in [6.45, 7) is 1.88. The van der Waals surface area contributed by atoms with E-state index >= 15 is 0 Å². The molecule has 0 saturated carbocycles. The molecule has 3 aromatic rings. The SMILES string of the molecule is C[C@H](NC(=O)Nc1ccc2oc(=O)ccc2c1)c1cnn(C)c1. The first-order chi connectivity index (χ1) is 11.0. The van der Waals surface area contributed by atoms with Crippen molar-refractivity contribution in [2.75, 3.05) is 5.32 Å². The molecule has 118 valence electrons. The third-order valence-electron chi connectivity index (χ3n) is 3.45. The summed E-state index contributed by atoms with van der Waals surface area (Å²) in [7, 11) is 1.82. The third-order valence-corrected chi connectivity index (χ3v) is 3.45. The highest BCUT2D eigenvalue weighted by molar-refractivity contribution is 5.92. The number of aryl methyl sites for hydroxylation is 1. The number of fused-ring (bicyclic) bond motifs is 1. The van der Waals surface area contributed by atoms with Crippen molar-refractivity contribution in [3.8, 4) is 0 Å². The van der Waals surface area contributed by atoms with Crippen LogP contribution in [0.5, 0.6) is 0 Å². The average Bonchev–Trinajstić information content (AvgIpc) is 2.94. The van der Waals surface area contributed by atoms with Crippen LogP contribution < -0.4 is 16.3 Å². The average molecular weight is 312 g/mol. The highest BCUT2D eigenvalue weighted by atomic mass is 16.4. The fourth-order valence-electron chi connectivity index (χ4n) is 2.26. The van der Waals surface area contributed by atoms with Gasteiger partial charge in [-0.3, -0.25) is 4.68 Å². The van der Waals surface area contributed by atoms with E-state index in [1.165, 1.54) is 6.07 Å². The molecule has 7 heteroatoms. The first-order valence-electron chi connectivity index (χ1n) is 7.11. The molecule has 0 aliphatic rings. The molecule has 23 heavy (non-hydrogen) atoms. The zero-order valence-electron chi connectivity index (χ0n) is 12.7. The van der Waals surface area contributed by atoms with Crippen LogP contribution in [0.4, 0.5) is 10.5 Å². The summed E-state index contributed by atoms with van der Waals surface area (Å²) >= 11 is 0. The van der Waals surface area contributed by atoms with Gasteiger partial charge in [-0.15, -0.1) is 0 Å². The Bertz CT molecular complexity index is 913. The number of carbonyl (C=O) groups excluding carboxylic acids is 1. The van der Waals surface area contributed by atoms with Crippen molar-refractivity contribution in [3.63, 3.8) is 0 Å². The Labute approximate surface area is 131 Å². The standard InChI is InChI=1S/C16H16N4O3/c1-10(12-8-17-20(2)9-12)18-16(22)19-13-4-5-14-11(7-13)3-6-15(21)23-14/h3-10H,1-2H3,(H2,18,19,22)/t10-/m0/s1. The van der Waals surface area contributed by atoms with E-state index in [4.69, 9.17) is 4.42 Å². The summed E-state index contributed by atoms with van der Waals surface area (Å²) in [6.07, 6.45) is 3.56. The van der Waals surface area contributed by atoms with E-state index in [9.17, 15) is 9.59 Å². The van der Waals surface area contributed by atoms with E-state index in [1.54, 1.807) is 35.1 Å². The molecule has 0 aliphatic carbocycles. The normalized spacial score (nSPS) is 12.1. The first-order valence-corrected chi connectivity index (χ1v) is 7.11. The molecule has 2 N–H and O–H groups in total. The Hall–Kier alpha value is -3.09. The number of amides is 2. The van der Waals surface area contributed by atoms with Crippen LogP contribution in [0.2, 0.25) is 0 Å². The zero-order valence-corrected chi connectivity index (χ0v) is 12.7. The van der Waals surface area contributed by atoms with Crippen LogP contribution in [0.1, 0.15) is 18.5 Å². The second kappa shape index (κ2) is 5.96. The van der Waals surface area contributed by atoms with Gasteiger partial charge in [0.25, 0.3) is 0 Å². The number of anilines is 1. The smallest absolute Gasteiger partial charge is 0.336 e. The predicted octanol–water partition coefficient (Wildman–Crippen LogP) is 2.41. The van der Waals surface area contributed by atoms with Gasteiger partial charge in [-0.1, -0.05) is 0 Å². The molecule has 2 aromatic heterocycles. The maximum atomic E-state index is 12.1. The summed E-state index contributed by atoms with van der Waals surface area (Å²) in [4.78, 5) is 23.2. The summed E-state index contributed by atoms with van der Waals surface area (Å²) in [5.74, 6) is 0. The molecular weight excluding hydrogens is 296 g/mol. The lowest BCUT2D eigenvalue weighted by Gasteiger charge is -2.13. The van der Waals surface area contributed by atoms with Gasteiger partial charge in [-0.2, -0.15) is 5.10 Å². The van der Waals surface area contributed by atoms with Gasteiger partial charge < -0.3 is 15.1 Å². The summed E-state index contributed by atoms with van der Waals surface area (Å²) in [5.41, 5.74) is 1.61. The Kier molecular flexibility index (Phi) is 3.84. The molecule has 0 bridgehead atoms. The molecule has 0 aliphatic heterocycles. The van der Waals surface area contributed by atoms with Gasteiger partial charge >= 0.3 is 11.7 Å². The Morgan fingerprint density at radius 2 is 2.13 bits per heavy atom. The predicted molar refractivity (Wildman–Crippen MR) is 86.3 cm³/mol. The third kappa shape index (κ3) is 3.39. The minimum absolute atomic E-state index is 0.165. The van der Waals surface area contributed by atoms with Gasteiger partial charge in [0, 0.05) is 35.9 Å². The number of hydrogen-bond donors (Lipinski definition) is 2. The molecule has 3 rings (SSSR count). The van der Waals surface area contributed by atoms with Crippen molar-refractivity contribution in [1.82, 2.24) is 15.1 Å². The van der Waals surface area contributed by atoms with E-state index in [2.05, 4.69) is 15.7 Å². The van der Waals surface area contributed by atoms with Gasteiger partial charge in [0.15, 0.2) is 0 Å². The van der Waals surface area contributed by atoms with E-state index in [0.29, 0.717) is 11.3 Å². The van der Waals surface area contributed by atoms with E-state index in [-0.39, 0.29) is 12.1 Å². The fraction of sp³-hybridized carbons (Fsp3) is 0.188. The number of carbonyl (C=O) groups is 1. The zero-order chi connectivity index (χ0) is 16.4. The van der Waals surface area contributed by atoms with Gasteiger partial charge in [-0.25, -0.2) is 9.59 Å². The Balaban J connectivity index is 1.70. The number of rotatable bonds is 3. The largest absolute Gasteiger partial charge is 0.423 e. The van der Waals surface area contributed by atoms with Crippen molar-refractivity contribution in [3.05, 3.63) is 58.7 Å². The molecule has 0 fully saturated rings. The number of nitrogens with zero attached hydrogens (tertiary/aromatic N) is 2. The van der Waals surface area contributed by atoms with Crippen LogP contribution in [-0.4, -0.2) is 15.8 Å². The number of hydrogen-bond acceptors (Lipinski definition) is 4. The molecule has 2 amide bonds. The monoisotopic (exact) mass is 312 g/mol. The van der Waals surface area contributed by atoms with E-state index in [1.807, 2.05) is 20.2 Å². The molecular formula is C16H16N4O3. The quantitative estimate of drug-likeness (QED) is 0.727. The van der Waals surface area contributed by atoms with Crippen LogP contribution in [0.15, 0.2) is 51.9 Å². The first kappa shape index (κ1) is 14.8. The lowest BCUT2D eigenvalue weighted by Crippen LogP contribution is -2.31. The number of aromatic nitrogens is 2. The lowest BCUT2D eigenvalue weighted by molar-refractivity contribution is 0.249. The summed E-state index contributed by atoms with van der Waals surface area (Å²) in [5, 5.41) is 10.4. The van der Waals surface area contributed by atoms with Crippen LogP contribution in [-0.2, 0) is 7.05 Å². The number of benzene rings is 1. The van der Waals surface area contributed by atoms with E-state index < -0.39 is 5.63 Å².